The van der Waals surface area contributed by atoms with Gasteiger partial charge in [0.05, 0.1) is 5.56 Å². The first kappa shape index (κ1) is 18.3. The molecule has 0 atom stereocenters. The molecule has 14 heteroatoms. The summed E-state index contributed by atoms with van der Waals surface area (Å²) in [5.41, 5.74) is -10.4. The highest BCUT2D eigenvalue weighted by Crippen LogP contribution is 2.37. The minimum absolute atomic E-state index is 0.404. The maximum Gasteiger partial charge on any atom is 0.534 e. The van der Waals surface area contributed by atoms with E-state index in [1.807, 2.05) is 0 Å². The van der Waals surface area contributed by atoms with Gasteiger partial charge in [0.15, 0.2) is 0 Å². The Labute approximate surface area is 115 Å². The molecule has 22 heavy (non-hydrogen) atoms. The van der Waals surface area contributed by atoms with Crippen LogP contribution < -0.4 is 4.18 Å². The molecule has 0 aliphatic carbocycles. The molecule has 1 heterocycles. The summed E-state index contributed by atoms with van der Waals surface area (Å²) < 4.78 is 135. The van der Waals surface area contributed by atoms with Crippen molar-refractivity contribution < 1.29 is 52.1 Å². The zero-order valence-electron chi connectivity index (χ0n) is 9.64. The summed E-state index contributed by atoms with van der Waals surface area (Å²) in [7, 11) is -6.47. The van der Waals surface area contributed by atoms with Crippen molar-refractivity contribution in [2.75, 3.05) is 0 Å². The normalized spacial score (nSPS) is 14.0. The van der Waals surface area contributed by atoms with Gasteiger partial charge in [0, 0.05) is 6.07 Å². The highest BCUT2D eigenvalue weighted by Gasteiger charge is 2.49. The van der Waals surface area contributed by atoms with Gasteiger partial charge in [-0.25, -0.2) is 4.98 Å². The van der Waals surface area contributed by atoms with Gasteiger partial charge in [-0.05, 0) is 6.07 Å². The average Bonchev–Trinajstić information content (AvgIpc) is 2.23. The number of alkyl halides is 9. The number of nitrogens with zero attached hydrogens (tertiary/aromatic N) is 1. The van der Waals surface area contributed by atoms with Crippen LogP contribution in [0.5, 0.6) is 5.88 Å². The summed E-state index contributed by atoms with van der Waals surface area (Å²) in [5.74, 6) is -2.01. The Morgan fingerprint density at radius 3 is 1.73 bits per heavy atom. The van der Waals surface area contributed by atoms with Gasteiger partial charge in [-0.15, -0.1) is 0 Å². The van der Waals surface area contributed by atoms with Crippen molar-refractivity contribution in [3.8, 4) is 5.88 Å². The molecule has 126 valence electrons. The zero-order chi connectivity index (χ0) is 17.6. The van der Waals surface area contributed by atoms with E-state index in [0.717, 1.165) is 0 Å². The van der Waals surface area contributed by atoms with Gasteiger partial charge >= 0.3 is 28.0 Å². The van der Waals surface area contributed by atoms with Crippen LogP contribution in [0, 0.1) is 0 Å². The van der Waals surface area contributed by atoms with Crippen LogP contribution in [0.1, 0.15) is 11.3 Å². The number of hydrogen-bond donors (Lipinski definition) is 0. The summed E-state index contributed by atoms with van der Waals surface area (Å²) in [6.45, 7) is 0. The van der Waals surface area contributed by atoms with Crippen molar-refractivity contribution in [2.45, 2.75) is 17.9 Å². The van der Waals surface area contributed by atoms with Gasteiger partial charge in [0.25, 0.3) is 0 Å². The van der Waals surface area contributed by atoms with Crippen molar-refractivity contribution in [1.29, 1.82) is 0 Å². The summed E-state index contributed by atoms with van der Waals surface area (Å²) in [5, 5.41) is 0. The van der Waals surface area contributed by atoms with Crippen molar-refractivity contribution in [1.82, 2.24) is 4.98 Å². The van der Waals surface area contributed by atoms with Crippen molar-refractivity contribution in [2.24, 2.45) is 0 Å². The third-order valence-corrected chi connectivity index (χ3v) is 2.86. The zero-order valence-corrected chi connectivity index (χ0v) is 10.5. The third-order valence-electron chi connectivity index (χ3n) is 1.90. The number of pyridine rings is 1. The van der Waals surface area contributed by atoms with E-state index < -0.39 is 57.2 Å². The largest absolute Gasteiger partial charge is 0.534 e. The summed E-state index contributed by atoms with van der Waals surface area (Å²) >= 11 is 0. The monoisotopic (exact) mass is 363 g/mol. The fourth-order valence-corrected chi connectivity index (χ4v) is 1.42. The Morgan fingerprint density at radius 1 is 0.864 bits per heavy atom. The van der Waals surface area contributed by atoms with Crippen molar-refractivity contribution in [3.05, 3.63) is 23.4 Å². The minimum atomic E-state index is -6.47. The molecule has 0 unspecified atom stereocenters. The van der Waals surface area contributed by atoms with Crippen LogP contribution in [0.2, 0.25) is 0 Å². The van der Waals surface area contributed by atoms with Gasteiger partial charge in [0.1, 0.15) is 5.69 Å². The van der Waals surface area contributed by atoms with Gasteiger partial charge in [-0.1, -0.05) is 0 Å². The van der Waals surface area contributed by atoms with Crippen LogP contribution in [-0.4, -0.2) is 18.9 Å². The third kappa shape index (κ3) is 4.14. The number of halogens is 9. The fraction of sp³-hybridized carbons (Fsp3) is 0.375. The predicted molar refractivity (Wildman–Crippen MR) is 49.8 cm³/mol. The average molecular weight is 363 g/mol. The SMILES string of the molecule is O=S(=O)(Oc1cc(C(F)(F)F)cc(C(F)(F)F)n1)C(F)(F)F. The van der Waals surface area contributed by atoms with Crippen LogP contribution in [0.15, 0.2) is 12.1 Å². The molecule has 0 fully saturated rings. The van der Waals surface area contributed by atoms with Crippen LogP contribution in [-0.2, 0) is 22.5 Å². The van der Waals surface area contributed by atoms with E-state index in [2.05, 4.69) is 9.17 Å². The number of aromatic nitrogens is 1. The van der Waals surface area contributed by atoms with Crippen molar-refractivity contribution >= 4 is 10.1 Å². The second kappa shape index (κ2) is 5.17. The number of hydrogen-bond acceptors (Lipinski definition) is 4. The molecule has 1 rings (SSSR count). The second-order valence-electron chi connectivity index (χ2n) is 3.56. The van der Waals surface area contributed by atoms with E-state index >= 15 is 0 Å². The van der Waals surface area contributed by atoms with E-state index in [1.54, 1.807) is 0 Å². The molecule has 0 spiro atoms. The maximum absolute atomic E-state index is 12.4. The Morgan fingerprint density at radius 2 is 1.36 bits per heavy atom. The van der Waals surface area contributed by atoms with Crippen LogP contribution in [0.3, 0.4) is 0 Å². The lowest BCUT2D eigenvalue weighted by Crippen LogP contribution is -2.28. The molecule has 0 saturated heterocycles. The first-order chi connectivity index (χ1) is 9.54. The quantitative estimate of drug-likeness (QED) is 0.460. The van der Waals surface area contributed by atoms with E-state index in [1.165, 1.54) is 0 Å². The summed E-state index contributed by atoms with van der Waals surface area (Å²) in [4.78, 5) is 2.29. The molecule has 1 aromatic rings. The van der Waals surface area contributed by atoms with E-state index in [9.17, 15) is 47.9 Å². The van der Waals surface area contributed by atoms with E-state index in [0.29, 0.717) is 0 Å². The molecular weight excluding hydrogens is 361 g/mol. The Hall–Kier alpha value is -1.73. The van der Waals surface area contributed by atoms with Gasteiger partial charge in [-0.2, -0.15) is 47.9 Å². The Kier molecular flexibility index (Phi) is 4.31. The molecule has 0 aliphatic heterocycles. The van der Waals surface area contributed by atoms with Gasteiger partial charge < -0.3 is 4.18 Å². The molecule has 0 aliphatic rings. The molecular formula is C8H2F9NO3S. The van der Waals surface area contributed by atoms with Crippen LogP contribution in [0.4, 0.5) is 39.5 Å². The first-order valence-electron chi connectivity index (χ1n) is 4.71. The predicted octanol–water partition coefficient (Wildman–Crippen LogP) is 3.35. The van der Waals surface area contributed by atoms with Crippen LogP contribution >= 0.6 is 0 Å². The summed E-state index contributed by atoms with van der Waals surface area (Å²) in [6, 6.07) is -0.911. The van der Waals surface area contributed by atoms with Crippen molar-refractivity contribution in [3.63, 3.8) is 0 Å². The Balaban J connectivity index is 3.44. The molecule has 4 nitrogen and oxygen atoms in total. The molecule has 0 saturated carbocycles. The molecule has 0 N–H and O–H groups in total. The standard InChI is InChI=1S/C8H2F9NO3S/c9-6(10,11)3-1-4(7(12,13)14)18-5(2-3)21-22(19,20)8(15,16)17/h1-2H. The smallest absolute Gasteiger partial charge is 0.355 e. The molecule has 0 radical (unpaired) electrons. The van der Waals surface area contributed by atoms with E-state index in [4.69, 9.17) is 0 Å². The highest BCUT2D eigenvalue weighted by molar-refractivity contribution is 7.87. The van der Waals surface area contributed by atoms with Gasteiger partial charge in [0.2, 0.25) is 5.88 Å². The summed E-state index contributed by atoms with van der Waals surface area (Å²) in [6.07, 6.45) is -10.9. The molecule has 0 amide bonds. The van der Waals surface area contributed by atoms with Gasteiger partial charge in [-0.3, -0.25) is 0 Å². The first-order valence-corrected chi connectivity index (χ1v) is 6.12. The van der Waals surface area contributed by atoms with E-state index in [-0.39, 0.29) is 0 Å². The minimum Gasteiger partial charge on any atom is -0.355 e. The molecule has 0 bridgehead atoms. The molecule has 1 aromatic heterocycles. The highest BCUT2D eigenvalue weighted by atomic mass is 32.2. The second-order valence-corrected chi connectivity index (χ2v) is 5.10. The lowest BCUT2D eigenvalue weighted by Gasteiger charge is -2.14. The fourth-order valence-electron chi connectivity index (χ4n) is 1.02. The lowest BCUT2D eigenvalue weighted by molar-refractivity contribution is -0.145. The topological polar surface area (TPSA) is 56.3 Å². The Bertz CT molecular complexity index is 627. The maximum atomic E-state index is 12.4. The van der Waals surface area contributed by atoms with Crippen LogP contribution in [0.25, 0.3) is 0 Å². The molecule has 0 aromatic carbocycles. The number of rotatable bonds is 2. The lowest BCUT2D eigenvalue weighted by atomic mass is 10.2.